The SMILES string of the molecule is COc1ccc(Br)c(CNCc2cccnc2)c1OCc1ccccc1C. The van der Waals surface area contributed by atoms with Gasteiger partial charge in [0.25, 0.3) is 0 Å². The zero-order valence-electron chi connectivity index (χ0n) is 15.5. The van der Waals surface area contributed by atoms with Crippen LogP contribution in [0.25, 0.3) is 0 Å². The molecule has 140 valence electrons. The molecule has 0 saturated heterocycles. The molecule has 27 heavy (non-hydrogen) atoms. The second kappa shape index (κ2) is 9.53. The van der Waals surface area contributed by atoms with Gasteiger partial charge < -0.3 is 14.8 Å². The van der Waals surface area contributed by atoms with Crippen molar-refractivity contribution in [2.24, 2.45) is 0 Å². The van der Waals surface area contributed by atoms with Crippen LogP contribution in [0.5, 0.6) is 11.5 Å². The fourth-order valence-electron chi connectivity index (χ4n) is 2.82. The van der Waals surface area contributed by atoms with Crippen molar-refractivity contribution in [3.8, 4) is 11.5 Å². The lowest BCUT2D eigenvalue weighted by atomic mass is 10.1. The van der Waals surface area contributed by atoms with Crippen LogP contribution in [-0.4, -0.2) is 12.1 Å². The van der Waals surface area contributed by atoms with Crippen molar-refractivity contribution in [2.45, 2.75) is 26.6 Å². The van der Waals surface area contributed by atoms with Crippen LogP contribution in [0.4, 0.5) is 0 Å². The summed E-state index contributed by atoms with van der Waals surface area (Å²) < 4.78 is 12.7. The average Bonchev–Trinajstić information content (AvgIpc) is 2.70. The average molecular weight is 427 g/mol. The van der Waals surface area contributed by atoms with Gasteiger partial charge in [-0.2, -0.15) is 0 Å². The van der Waals surface area contributed by atoms with Crippen LogP contribution in [0.3, 0.4) is 0 Å². The Kier molecular flexibility index (Phi) is 6.85. The van der Waals surface area contributed by atoms with Crippen LogP contribution in [-0.2, 0) is 19.7 Å². The zero-order valence-corrected chi connectivity index (χ0v) is 17.1. The second-order valence-electron chi connectivity index (χ2n) is 6.24. The van der Waals surface area contributed by atoms with Gasteiger partial charge in [0.1, 0.15) is 6.61 Å². The summed E-state index contributed by atoms with van der Waals surface area (Å²) in [6.45, 7) is 3.97. The van der Waals surface area contributed by atoms with Crippen LogP contribution >= 0.6 is 15.9 Å². The molecule has 2 aromatic carbocycles. The van der Waals surface area contributed by atoms with Crippen molar-refractivity contribution in [3.05, 3.63) is 87.7 Å². The fourth-order valence-corrected chi connectivity index (χ4v) is 3.27. The Morgan fingerprint density at radius 1 is 1.04 bits per heavy atom. The number of pyridine rings is 1. The zero-order chi connectivity index (χ0) is 19.1. The molecule has 0 saturated carbocycles. The molecule has 1 heterocycles. The number of hydrogen-bond acceptors (Lipinski definition) is 4. The van der Waals surface area contributed by atoms with Gasteiger partial charge in [-0.1, -0.05) is 46.3 Å². The van der Waals surface area contributed by atoms with Gasteiger partial charge in [-0.3, -0.25) is 4.98 Å². The number of rotatable bonds is 8. The third-order valence-corrected chi connectivity index (χ3v) is 5.12. The molecule has 0 radical (unpaired) electrons. The van der Waals surface area contributed by atoms with Crippen molar-refractivity contribution in [1.29, 1.82) is 0 Å². The van der Waals surface area contributed by atoms with E-state index in [0.29, 0.717) is 13.2 Å². The highest BCUT2D eigenvalue weighted by Crippen LogP contribution is 2.37. The monoisotopic (exact) mass is 426 g/mol. The van der Waals surface area contributed by atoms with Crippen LogP contribution in [0.15, 0.2) is 65.4 Å². The Morgan fingerprint density at radius 3 is 2.63 bits per heavy atom. The Morgan fingerprint density at radius 2 is 1.89 bits per heavy atom. The van der Waals surface area contributed by atoms with Gasteiger partial charge in [-0.25, -0.2) is 0 Å². The molecule has 0 atom stereocenters. The first kappa shape index (κ1) is 19.4. The summed E-state index contributed by atoms with van der Waals surface area (Å²) in [6, 6.07) is 16.1. The molecule has 0 bridgehead atoms. The van der Waals surface area contributed by atoms with E-state index in [1.54, 1.807) is 13.3 Å². The molecular weight excluding hydrogens is 404 g/mol. The Balaban J connectivity index is 1.76. The number of benzene rings is 2. The van der Waals surface area contributed by atoms with E-state index in [4.69, 9.17) is 9.47 Å². The third-order valence-electron chi connectivity index (χ3n) is 4.37. The van der Waals surface area contributed by atoms with Gasteiger partial charge in [0.15, 0.2) is 11.5 Å². The molecule has 0 fully saturated rings. The minimum Gasteiger partial charge on any atom is -0.493 e. The maximum absolute atomic E-state index is 6.20. The molecule has 3 rings (SSSR count). The summed E-state index contributed by atoms with van der Waals surface area (Å²) >= 11 is 3.65. The summed E-state index contributed by atoms with van der Waals surface area (Å²) in [5, 5.41) is 3.45. The van der Waals surface area contributed by atoms with Crippen molar-refractivity contribution in [2.75, 3.05) is 7.11 Å². The first-order valence-electron chi connectivity index (χ1n) is 8.81. The lowest BCUT2D eigenvalue weighted by Crippen LogP contribution is -2.14. The molecule has 0 amide bonds. The summed E-state index contributed by atoms with van der Waals surface area (Å²) in [5.74, 6) is 1.48. The lowest BCUT2D eigenvalue weighted by molar-refractivity contribution is 0.279. The van der Waals surface area contributed by atoms with E-state index in [-0.39, 0.29) is 0 Å². The number of aryl methyl sites for hydroxylation is 1. The van der Waals surface area contributed by atoms with Crippen LogP contribution in [0.1, 0.15) is 22.3 Å². The minimum absolute atomic E-state index is 0.495. The predicted octanol–water partition coefficient (Wildman–Crippen LogP) is 5.03. The molecule has 5 heteroatoms. The summed E-state index contributed by atoms with van der Waals surface area (Å²) in [7, 11) is 1.66. The Bertz CT molecular complexity index is 885. The van der Waals surface area contributed by atoms with Crippen LogP contribution in [0, 0.1) is 6.92 Å². The first-order chi connectivity index (χ1) is 13.2. The molecule has 1 aromatic heterocycles. The lowest BCUT2D eigenvalue weighted by Gasteiger charge is -2.18. The van der Waals surface area contributed by atoms with E-state index in [1.807, 2.05) is 36.5 Å². The highest BCUT2D eigenvalue weighted by Gasteiger charge is 2.15. The normalized spacial score (nSPS) is 10.6. The van der Waals surface area contributed by atoms with Crippen molar-refractivity contribution < 1.29 is 9.47 Å². The maximum atomic E-state index is 6.20. The molecule has 3 aromatic rings. The number of ether oxygens (including phenoxy) is 2. The number of nitrogens with zero attached hydrogens (tertiary/aromatic N) is 1. The third kappa shape index (κ3) is 5.08. The van der Waals surface area contributed by atoms with Gasteiger partial charge in [0, 0.05) is 35.5 Å². The van der Waals surface area contributed by atoms with Crippen molar-refractivity contribution >= 4 is 15.9 Å². The van der Waals surface area contributed by atoms with Gasteiger partial charge >= 0.3 is 0 Å². The van der Waals surface area contributed by atoms with Gasteiger partial charge in [-0.05, 0) is 41.8 Å². The fraction of sp³-hybridized carbons (Fsp3) is 0.227. The number of nitrogens with one attached hydrogen (secondary N) is 1. The van der Waals surface area contributed by atoms with E-state index in [2.05, 4.69) is 51.4 Å². The van der Waals surface area contributed by atoms with Crippen molar-refractivity contribution in [1.82, 2.24) is 10.3 Å². The molecule has 0 aliphatic rings. The predicted molar refractivity (Wildman–Crippen MR) is 111 cm³/mol. The highest BCUT2D eigenvalue weighted by atomic mass is 79.9. The standard InChI is InChI=1S/C22H23BrN2O2/c1-16-6-3-4-8-18(16)15-27-22-19(20(23)9-10-21(22)26-2)14-25-13-17-7-5-11-24-12-17/h3-12,25H,13-15H2,1-2H3. The number of aromatic nitrogens is 1. The second-order valence-corrected chi connectivity index (χ2v) is 7.09. The summed E-state index contributed by atoms with van der Waals surface area (Å²) in [4.78, 5) is 4.15. The van der Waals surface area contributed by atoms with Gasteiger partial charge in [0.05, 0.1) is 7.11 Å². The van der Waals surface area contributed by atoms with Crippen LogP contribution < -0.4 is 14.8 Å². The summed E-state index contributed by atoms with van der Waals surface area (Å²) in [6.07, 6.45) is 3.64. The largest absolute Gasteiger partial charge is 0.493 e. The highest BCUT2D eigenvalue weighted by molar-refractivity contribution is 9.10. The number of halogens is 1. The molecule has 0 aliphatic heterocycles. The van der Waals surface area contributed by atoms with Crippen molar-refractivity contribution in [3.63, 3.8) is 0 Å². The van der Waals surface area contributed by atoms with Crippen LogP contribution in [0.2, 0.25) is 0 Å². The topological polar surface area (TPSA) is 43.4 Å². The van der Waals surface area contributed by atoms with Gasteiger partial charge in [-0.15, -0.1) is 0 Å². The van der Waals surface area contributed by atoms with E-state index < -0.39 is 0 Å². The van der Waals surface area contributed by atoms with Gasteiger partial charge in [0.2, 0.25) is 0 Å². The first-order valence-corrected chi connectivity index (χ1v) is 9.60. The van der Waals surface area contributed by atoms with E-state index in [1.165, 1.54) is 5.56 Å². The van der Waals surface area contributed by atoms with E-state index in [9.17, 15) is 0 Å². The summed E-state index contributed by atoms with van der Waals surface area (Å²) in [5.41, 5.74) is 4.54. The minimum atomic E-state index is 0.495. The molecule has 0 unspecified atom stereocenters. The quantitative estimate of drug-likeness (QED) is 0.548. The smallest absolute Gasteiger partial charge is 0.167 e. The number of methoxy groups -OCH3 is 1. The molecular formula is C22H23BrN2O2. The molecule has 0 spiro atoms. The Labute approximate surface area is 168 Å². The molecule has 0 aliphatic carbocycles. The van der Waals surface area contributed by atoms with E-state index >= 15 is 0 Å². The molecule has 1 N–H and O–H groups in total. The Hall–Kier alpha value is -2.37. The number of hydrogen-bond donors (Lipinski definition) is 1. The van der Waals surface area contributed by atoms with E-state index in [0.717, 1.165) is 39.2 Å². The maximum Gasteiger partial charge on any atom is 0.167 e. The molecule has 4 nitrogen and oxygen atoms in total.